The van der Waals surface area contributed by atoms with Gasteiger partial charge in [-0.05, 0) is 43.4 Å². The molecule has 28 heavy (non-hydrogen) atoms. The number of nitrogens with one attached hydrogen (secondary N) is 3. The van der Waals surface area contributed by atoms with Gasteiger partial charge in [0.05, 0.1) is 6.19 Å². The average molecular weight is 426 g/mol. The summed E-state index contributed by atoms with van der Waals surface area (Å²) in [7, 11) is 0. The summed E-state index contributed by atoms with van der Waals surface area (Å²) in [6.07, 6.45) is -2.30. The van der Waals surface area contributed by atoms with Crippen molar-refractivity contribution < 1.29 is 4.79 Å². The quantitative estimate of drug-likeness (QED) is 0.242. The molecule has 4 nitrogen and oxygen atoms in total. The van der Waals surface area contributed by atoms with Gasteiger partial charge in [0.25, 0.3) is 0 Å². The molecule has 0 unspecified atom stereocenters. The molecule has 3 aromatic rings. The van der Waals surface area contributed by atoms with Crippen molar-refractivity contribution in [1.29, 1.82) is 0 Å². The fourth-order valence-corrected chi connectivity index (χ4v) is 5.76. The Bertz CT molecular complexity index is 965. The third-order valence-electron chi connectivity index (χ3n) is 4.12. The Labute approximate surface area is 175 Å². The molecular formula is C21H20N3OPS2. The van der Waals surface area contributed by atoms with Crippen LogP contribution in [0.5, 0.6) is 0 Å². The number of Topliss-reactive ketones (excluding diaryl/α,β-unsaturated/α-hetero) is 1. The number of hydrogen-bond acceptors (Lipinski definition) is 3. The predicted octanol–water partition coefficient (Wildman–Crippen LogP) is 3.73. The lowest BCUT2D eigenvalue weighted by Crippen LogP contribution is -2.42. The topological polar surface area (TPSA) is 53.2 Å². The van der Waals surface area contributed by atoms with E-state index in [1.807, 2.05) is 72.8 Å². The molecule has 3 aromatic carbocycles. The normalized spacial score (nSPS) is 10.9. The lowest BCUT2D eigenvalue weighted by molar-refractivity contribution is 0.101. The molecule has 0 atom stereocenters. The zero-order valence-corrected chi connectivity index (χ0v) is 17.8. The smallest absolute Gasteiger partial charge is 0.185 e. The Morgan fingerprint density at radius 2 is 1.32 bits per heavy atom. The molecule has 3 rings (SSSR count). The summed E-state index contributed by atoms with van der Waals surface area (Å²) in [5.41, 5.74) is 4.50. The standard InChI is InChI=1S/C21H20N3OPS2/c1-16(25)17-12-14-18(15-13-17)22-21(27)23-24-26(28,19-8-4-2-5-9-19)20-10-6-3-7-11-20/h2-15H,1H3,(H,24,28)(H2,22,23,27). The number of carbonyl (C=O) groups is 1. The SMILES string of the molecule is CC(=O)c1ccc(NC(=S)NNP(=S)(c2ccccc2)c2ccccc2)cc1. The Balaban J connectivity index is 1.74. The maximum atomic E-state index is 11.4. The highest BCUT2D eigenvalue weighted by molar-refractivity contribution is 8.20. The van der Waals surface area contributed by atoms with Gasteiger partial charge in [0.2, 0.25) is 0 Å². The van der Waals surface area contributed by atoms with Crippen molar-refractivity contribution in [2.24, 2.45) is 0 Å². The lowest BCUT2D eigenvalue weighted by Gasteiger charge is -2.25. The fourth-order valence-electron chi connectivity index (χ4n) is 2.63. The number of ketones is 1. The van der Waals surface area contributed by atoms with Gasteiger partial charge in [-0.15, -0.1) is 0 Å². The third kappa shape index (κ3) is 4.91. The zero-order valence-electron chi connectivity index (χ0n) is 15.3. The van der Waals surface area contributed by atoms with Gasteiger partial charge in [-0.2, -0.15) is 5.20 Å². The van der Waals surface area contributed by atoms with E-state index in [1.165, 1.54) is 0 Å². The summed E-state index contributed by atoms with van der Waals surface area (Å²) in [4.78, 5) is 11.4. The van der Waals surface area contributed by atoms with Crippen LogP contribution in [0.2, 0.25) is 0 Å². The summed E-state index contributed by atoms with van der Waals surface area (Å²) in [6.45, 7) is 1.54. The van der Waals surface area contributed by atoms with Crippen LogP contribution < -0.4 is 26.5 Å². The van der Waals surface area contributed by atoms with E-state index in [4.69, 9.17) is 24.0 Å². The minimum atomic E-state index is -2.30. The van der Waals surface area contributed by atoms with Crippen molar-refractivity contribution >= 4 is 57.4 Å². The molecule has 0 aliphatic heterocycles. The van der Waals surface area contributed by atoms with Gasteiger partial charge in [-0.25, -0.2) is 0 Å². The van der Waals surface area contributed by atoms with Crippen LogP contribution in [0.25, 0.3) is 0 Å². The van der Waals surface area contributed by atoms with E-state index in [9.17, 15) is 4.79 Å². The highest BCUT2D eigenvalue weighted by atomic mass is 32.4. The van der Waals surface area contributed by atoms with Crippen LogP contribution in [0.1, 0.15) is 17.3 Å². The molecule has 0 fully saturated rings. The summed E-state index contributed by atoms with van der Waals surface area (Å²) >= 11 is 11.5. The summed E-state index contributed by atoms with van der Waals surface area (Å²) < 4.78 is 0. The predicted molar refractivity (Wildman–Crippen MR) is 125 cm³/mol. The van der Waals surface area contributed by atoms with Crippen LogP contribution in [0, 0.1) is 0 Å². The first-order chi connectivity index (χ1) is 13.5. The second-order valence-electron chi connectivity index (χ2n) is 6.10. The fraction of sp³-hybridized carbons (Fsp3) is 0.0476. The highest BCUT2D eigenvalue weighted by Gasteiger charge is 2.22. The number of rotatable bonds is 6. The number of thiocarbonyl (C=S) groups is 1. The Kier molecular flexibility index (Phi) is 6.70. The maximum absolute atomic E-state index is 11.4. The number of benzene rings is 3. The van der Waals surface area contributed by atoms with Gasteiger partial charge in [-0.1, -0.05) is 72.5 Å². The van der Waals surface area contributed by atoms with Gasteiger partial charge >= 0.3 is 0 Å². The summed E-state index contributed by atoms with van der Waals surface area (Å²) in [6, 6.07) is 27.1. The summed E-state index contributed by atoms with van der Waals surface area (Å²) in [5.74, 6) is 0.0281. The van der Waals surface area contributed by atoms with E-state index in [1.54, 1.807) is 19.1 Å². The third-order valence-corrected chi connectivity index (χ3v) is 8.34. The molecule has 0 bridgehead atoms. The van der Waals surface area contributed by atoms with E-state index in [0.29, 0.717) is 10.7 Å². The van der Waals surface area contributed by atoms with Gasteiger partial charge in [0.1, 0.15) is 0 Å². The van der Waals surface area contributed by atoms with E-state index in [-0.39, 0.29) is 5.78 Å². The van der Waals surface area contributed by atoms with Crippen LogP contribution in [-0.4, -0.2) is 10.9 Å². The molecule has 0 aliphatic rings. The molecule has 7 heteroatoms. The van der Waals surface area contributed by atoms with E-state index in [2.05, 4.69) is 15.9 Å². The van der Waals surface area contributed by atoms with Gasteiger partial charge in [0, 0.05) is 21.9 Å². The Hall–Kier alpha value is -2.37. The number of carbonyl (C=O) groups excluding carboxylic acids is 1. The van der Waals surface area contributed by atoms with Crippen LogP contribution in [-0.2, 0) is 11.8 Å². The molecule has 142 valence electrons. The van der Waals surface area contributed by atoms with Crippen molar-refractivity contribution in [2.75, 3.05) is 5.32 Å². The average Bonchev–Trinajstić information content (AvgIpc) is 2.73. The lowest BCUT2D eigenvalue weighted by atomic mass is 10.1. The first kappa shape index (κ1) is 20.4. The van der Waals surface area contributed by atoms with Gasteiger partial charge in [-0.3, -0.25) is 10.2 Å². The molecule has 0 saturated carbocycles. The Morgan fingerprint density at radius 3 is 1.79 bits per heavy atom. The van der Waals surface area contributed by atoms with Crippen molar-refractivity contribution in [3.8, 4) is 0 Å². The molecule has 0 saturated heterocycles. The molecule has 0 spiro atoms. The van der Waals surface area contributed by atoms with Crippen molar-refractivity contribution in [1.82, 2.24) is 10.6 Å². The largest absolute Gasteiger partial charge is 0.332 e. The first-order valence-electron chi connectivity index (χ1n) is 8.65. The Morgan fingerprint density at radius 1 is 0.821 bits per heavy atom. The monoisotopic (exact) mass is 425 g/mol. The second-order valence-corrected chi connectivity index (χ2v) is 10.6. The second kappa shape index (κ2) is 9.22. The molecule has 0 aliphatic carbocycles. The minimum Gasteiger partial charge on any atom is -0.332 e. The van der Waals surface area contributed by atoms with Gasteiger partial charge in [0.15, 0.2) is 10.9 Å². The van der Waals surface area contributed by atoms with Gasteiger partial charge < -0.3 is 5.32 Å². The van der Waals surface area contributed by atoms with E-state index in [0.717, 1.165) is 16.3 Å². The molecule has 0 radical (unpaired) electrons. The summed E-state index contributed by atoms with van der Waals surface area (Å²) in [5, 5.41) is 8.88. The van der Waals surface area contributed by atoms with Crippen LogP contribution in [0.3, 0.4) is 0 Å². The first-order valence-corrected chi connectivity index (χ1v) is 11.9. The number of hydrogen-bond donors (Lipinski definition) is 3. The van der Waals surface area contributed by atoms with E-state index < -0.39 is 6.19 Å². The van der Waals surface area contributed by atoms with Crippen molar-refractivity contribution in [3.05, 3.63) is 90.5 Å². The van der Waals surface area contributed by atoms with Crippen molar-refractivity contribution in [2.45, 2.75) is 6.92 Å². The van der Waals surface area contributed by atoms with Crippen LogP contribution >= 0.6 is 18.4 Å². The molecule has 3 N–H and O–H groups in total. The molecular weight excluding hydrogens is 405 g/mol. The number of anilines is 1. The highest BCUT2D eigenvalue weighted by Crippen LogP contribution is 2.37. The number of hydrazine groups is 1. The van der Waals surface area contributed by atoms with Crippen molar-refractivity contribution in [3.63, 3.8) is 0 Å². The minimum absolute atomic E-state index is 0.0281. The van der Waals surface area contributed by atoms with Crippen LogP contribution in [0.4, 0.5) is 5.69 Å². The van der Waals surface area contributed by atoms with Crippen LogP contribution in [0.15, 0.2) is 84.9 Å². The molecule has 0 amide bonds. The zero-order chi connectivity index (χ0) is 20.0. The molecule has 0 heterocycles. The maximum Gasteiger partial charge on any atom is 0.185 e. The van der Waals surface area contributed by atoms with E-state index >= 15 is 0 Å². The molecule has 0 aromatic heterocycles.